The molecule has 2 amide bonds. The maximum absolute atomic E-state index is 12.7. The summed E-state index contributed by atoms with van der Waals surface area (Å²) in [5.74, 6) is 0.727. The van der Waals surface area contributed by atoms with Crippen LogP contribution in [0.2, 0.25) is 0 Å². The van der Waals surface area contributed by atoms with Gasteiger partial charge in [0.1, 0.15) is 5.75 Å². The highest BCUT2D eigenvalue weighted by Gasteiger charge is 2.28. The van der Waals surface area contributed by atoms with Crippen LogP contribution in [-0.4, -0.2) is 36.6 Å². The number of hydrogen-bond donors (Lipinski definition) is 0. The molecule has 0 N–H and O–H groups in total. The third kappa shape index (κ3) is 3.16. The Morgan fingerprint density at radius 3 is 2.28 bits per heavy atom. The second-order valence-electron chi connectivity index (χ2n) is 5.59. The second-order valence-corrected chi connectivity index (χ2v) is 5.59. The number of rotatable bonds is 4. The predicted octanol–water partition coefficient (Wildman–Crippen LogP) is 3.52. The first-order valence-corrected chi connectivity index (χ1v) is 7.65. The second kappa shape index (κ2) is 6.64. The quantitative estimate of drug-likeness (QED) is 0.631. The molecule has 2 aromatic rings. The fraction of sp³-hybridized carbons (Fsp3) is 0.167. The number of anilines is 1. The molecule has 0 fully saturated rings. The average Bonchev–Trinajstić information content (AvgIpc) is 2.64. The van der Waals surface area contributed by atoms with Gasteiger partial charge in [-0.25, -0.2) is 4.79 Å². The SMILES string of the molecule is COc1ccc(C2=CCN(C)C(=O)N2c2ccc([N+](=O)[O-])cc2)cc1. The molecule has 0 saturated carbocycles. The maximum Gasteiger partial charge on any atom is 0.329 e. The highest BCUT2D eigenvalue weighted by Crippen LogP contribution is 2.32. The van der Waals surface area contributed by atoms with Crippen molar-refractivity contribution in [1.82, 2.24) is 4.90 Å². The minimum Gasteiger partial charge on any atom is -0.497 e. The first-order valence-electron chi connectivity index (χ1n) is 7.65. The Hall–Kier alpha value is -3.35. The summed E-state index contributed by atoms with van der Waals surface area (Å²) in [7, 11) is 3.30. The molecule has 128 valence electrons. The Morgan fingerprint density at radius 1 is 1.08 bits per heavy atom. The molecule has 0 aromatic heterocycles. The van der Waals surface area contributed by atoms with Crippen molar-refractivity contribution < 1.29 is 14.5 Å². The van der Waals surface area contributed by atoms with Gasteiger partial charge in [-0.2, -0.15) is 0 Å². The van der Waals surface area contributed by atoms with Gasteiger partial charge < -0.3 is 9.64 Å². The van der Waals surface area contributed by atoms with Gasteiger partial charge in [0.25, 0.3) is 5.69 Å². The number of hydrogen-bond acceptors (Lipinski definition) is 4. The van der Waals surface area contributed by atoms with E-state index in [1.54, 1.807) is 36.1 Å². The van der Waals surface area contributed by atoms with Crippen molar-refractivity contribution in [2.75, 3.05) is 25.6 Å². The number of carbonyl (C=O) groups is 1. The topological polar surface area (TPSA) is 75.9 Å². The molecule has 1 heterocycles. The summed E-state index contributed by atoms with van der Waals surface area (Å²) in [4.78, 5) is 26.2. The first kappa shape index (κ1) is 16.5. The summed E-state index contributed by atoms with van der Waals surface area (Å²) in [6, 6.07) is 13.1. The number of likely N-dealkylation sites (N-methyl/N-ethyl adjacent to an activating group) is 1. The molecule has 7 heteroatoms. The minimum absolute atomic E-state index is 0.0171. The van der Waals surface area contributed by atoms with Crippen molar-refractivity contribution in [3.8, 4) is 5.75 Å². The van der Waals surface area contributed by atoms with Gasteiger partial charge in [0.05, 0.1) is 23.4 Å². The molecule has 0 spiro atoms. The van der Waals surface area contributed by atoms with Gasteiger partial charge in [0.2, 0.25) is 0 Å². The van der Waals surface area contributed by atoms with E-state index in [1.807, 2.05) is 30.3 Å². The van der Waals surface area contributed by atoms with Crippen LogP contribution in [0.25, 0.3) is 5.70 Å². The van der Waals surface area contributed by atoms with Crippen molar-refractivity contribution in [3.05, 3.63) is 70.3 Å². The largest absolute Gasteiger partial charge is 0.497 e. The molecule has 2 aromatic carbocycles. The number of urea groups is 1. The molecule has 0 radical (unpaired) electrons. The summed E-state index contributed by atoms with van der Waals surface area (Å²) in [6.07, 6.45) is 1.95. The highest BCUT2D eigenvalue weighted by atomic mass is 16.6. The van der Waals surface area contributed by atoms with Crippen LogP contribution in [0, 0.1) is 10.1 Å². The van der Waals surface area contributed by atoms with Gasteiger partial charge in [0, 0.05) is 25.7 Å². The van der Waals surface area contributed by atoms with Crippen LogP contribution < -0.4 is 9.64 Å². The molecule has 7 nitrogen and oxygen atoms in total. The van der Waals surface area contributed by atoms with Crippen LogP contribution in [0.1, 0.15) is 5.56 Å². The van der Waals surface area contributed by atoms with E-state index in [1.165, 1.54) is 12.1 Å². The summed E-state index contributed by atoms with van der Waals surface area (Å²) in [5.41, 5.74) is 2.15. The zero-order valence-corrected chi connectivity index (χ0v) is 13.9. The standard InChI is InChI=1S/C18H17N3O4/c1-19-12-11-17(13-3-9-16(25-2)10-4-13)20(18(19)22)14-5-7-15(8-6-14)21(23)24/h3-11H,12H2,1-2H3. The molecule has 0 aliphatic carbocycles. The van der Waals surface area contributed by atoms with Crippen LogP contribution in [0.3, 0.4) is 0 Å². The molecule has 0 atom stereocenters. The molecule has 1 aliphatic rings. The van der Waals surface area contributed by atoms with E-state index in [0.717, 1.165) is 17.0 Å². The van der Waals surface area contributed by atoms with Crippen molar-refractivity contribution in [2.45, 2.75) is 0 Å². The number of nitrogens with zero attached hydrogens (tertiary/aromatic N) is 3. The van der Waals surface area contributed by atoms with E-state index in [9.17, 15) is 14.9 Å². The molecule has 3 rings (SSSR count). The third-order valence-corrected chi connectivity index (χ3v) is 4.02. The lowest BCUT2D eigenvalue weighted by Crippen LogP contribution is -2.44. The molecule has 0 bridgehead atoms. The van der Waals surface area contributed by atoms with E-state index in [2.05, 4.69) is 0 Å². The maximum atomic E-state index is 12.7. The Kier molecular flexibility index (Phi) is 4.38. The van der Waals surface area contributed by atoms with Crippen LogP contribution in [0.4, 0.5) is 16.2 Å². The van der Waals surface area contributed by atoms with Crippen molar-refractivity contribution in [2.24, 2.45) is 0 Å². The van der Waals surface area contributed by atoms with Crippen LogP contribution in [-0.2, 0) is 0 Å². The molecule has 1 aliphatic heterocycles. The fourth-order valence-electron chi connectivity index (χ4n) is 2.65. The highest BCUT2D eigenvalue weighted by molar-refractivity contribution is 6.06. The smallest absolute Gasteiger partial charge is 0.329 e. The number of carbonyl (C=O) groups excluding carboxylic acids is 1. The average molecular weight is 339 g/mol. The van der Waals surface area contributed by atoms with Crippen LogP contribution >= 0.6 is 0 Å². The Labute approximate surface area is 144 Å². The summed E-state index contributed by atoms with van der Waals surface area (Å²) in [6.45, 7) is 0.490. The van der Waals surface area contributed by atoms with E-state index >= 15 is 0 Å². The number of nitro groups is 1. The zero-order chi connectivity index (χ0) is 18.0. The number of ether oxygens (including phenoxy) is 1. The lowest BCUT2D eigenvalue weighted by molar-refractivity contribution is -0.384. The van der Waals surface area contributed by atoms with E-state index in [-0.39, 0.29) is 11.7 Å². The molecular formula is C18H17N3O4. The summed E-state index contributed by atoms with van der Waals surface area (Å²) < 4.78 is 5.17. The van der Waals surface area contributed by atoms with Crippen LogP contribution in [0.5, 0.6) is 5.75 Å². The van der Waals surface area contributed by atoms with Crippen molar-refractivity contribution >= 4 is 23.1 Å². The fourth-order valence-corrected chi connectivity index (χ4v) is 2.65. The number of methoxy groups -OCH3 is 1. The minimum atomic E-state index is -0.464. The predicted molar refractivity (Wildman–Crippen MR) is 94.6 cm³/mol. The Balaban J connectivity index is 2.02. The molecule has 0 unspecified atom stereocenters. The summed E-state index contributed by atoms with van der Waals surface area (Å²) in [5, 5.41) is 10.8. The van der Waals surface area contributed by atoms with Gasteiger partial charge in [0.15, 0.2) is 0 Å². The van der Waals surface area contributed by atoms with Crippen molar-refractivity contribution in [1.29, 1.82) is 0 Å². The number of benzene rings is 2. The van der Waals surface area contributed by atoms with Gasteiger partial charge in [-0.05, 0) is 48.0 Å². The lowest BCUT2D eigenvalue weighted by atomic mass is 10.1. The number of amides is 2. The molecule has 0 saturated heterocycles. The van der Waals surface area contributed by atoms with Gasteiger partial charge in [-0.15, -0.1) is 0 Å². The van der Waals surface area contributed by atoms with Crippen molar-refractivity contribution in [3.63, 3.8) is 0 Å². The van der Waals surface area contributed by atoms with Gasteiger partial charge in [-0.3, -0.25) is 15.0 Å². The molecular weight excluding hydrogens is 322 g/mol. The van der Waals surface area contributed by atoms with Gasteiger partial charge in [-0.1, -0.05) is 0 Å². The van der Waals surface area contributed by atoms with Gasteiger partial charge >= 0.3 is 6.03 Å². The zero-order valence-electron chi connectivity index (χ0n) is 13.9. The normalized spacial score (nSPS) is 14.3. The summed E-state index contributed by atoms with van der Waals surface area (Å²) >= 11 is 0. The number of nitro benzene ring substituents is 1. The van der Waals surface area contributed by atoms with E-state index in [0.29, 0.717) is 12.2 Å². The third-order valence-electron chi connectivity index (χ3n) is 4.02. The van der Waals surface area contributed by atoms with Crippen LogP contribution in [0.15, 0.2) is 54.6 Å². The Bertz CT molecular complexity index is 828. The number of non-ortho nitro benzene ring substituents is 1. The first-order chi connectivity index (χ1) is 12.0. The monoisotopic (exact) mass is 339 g/mol. The van der Waals surface area contributed by atoms with E-state index < -0.39 is 4.92 Å². The lowest BCUT2D eigenvalue weighted by Gasteiger charge is -2.34. The Morgan fingerprint density at radius 2 is 1.72 bits per heavy atom. The molecule has 25 heavy (non-hydrogen) atoms. The van der Waals surface area contributed by atoms with E-state index in [4.69, 9.17) is 4.74 Å².